The predicted octanol–water partition coefficient (Wildman–Crippen LogP) is 4.06. The van der Waals surface area contributed by atoms with Gasteiger partial charge in [-0.2, -0.15) is 0 Å². The summed E-state index contributed by atoms with van der Waals surface area (Å²) in [4.78, 5) is 3.70. The Balaban J connectivity index is 2.08. The third kappa shape index (κ3) is 4.71. The normalized spacial score (nSPS) is 11.2. The van der Waals surface area contributed by atoms with Crippen molar-refractivity contribution in [1.29, 1.82) is 0 Å². The van der Waals surface area contributed by atoms with E-state index in [1.54, 1.807) is 24.5 Å². The summed E-state index contributed by atoms with van der Waals surface area (Å²) >= 11 is 7.76. The first-order valence-corrected chi connectivity index (χ1v) is 8.07. The van der Waals surface area contributed by atoms with Crippen LogP contribution in [0.3, 0.4) is 0 Å². The summed E-state index contributed by atoms with van der Waals surface area (Å²) < 4.78 is 5.20. The standard InChI is InChI=1S/C16H20ClNO2S/c1-12-5-8-21-16(12)11-18(6-7-20-2)10-13-3-4-15(19)14(17)9-13/h3-5,8-9,19H,6-7,10-11H2,1-2H3. The first-order chi connectivity index (χ1) is 10.1. The van der Waals surface area contributed by atoms with Crippen molar-refractivity contribution in [2.24, 2.45) is 0 Å². The lowest BCUT2D eigenvalue weighted by molar-refractivity contribution is 0.140. The number of nitrogens with zero attached hydrogens (tertiary/aromatic N) is 1. The fraction of sp³-hybridized carbons (Fsp3) is 0.375. The van der Waals surface area contributed by atoms with E-state index in [1.165, 1.54) is 10.4 Å². The highest BCUT2D eigenvalue weighted by Gasteiger charge is 2.11. The minimum Gasteiger partial charge on any atom is -0.506 e. The fourth-order valence-corrected chi connectivity index (χ4v) is 3.26. The molecular weight excluding hydrogens is 306 g/mol. The van der Waals surface area contributed by atoms with Crippen molar-refractivity contribution in [2.75, 3.05) is 20.3 Å². The molecule has 0 spiro atoms. The molecule has 1 aromatic carbocycles. The van der Waals surface area contributed by atoms with Crippen molar-refractivity contribution >= 4 is 22.9 Å². The Hall–Kier alpha value is -1.07. The number of halogens is 1. The molecule has 5 heteroatoms. The molecule has 0 aliphatic rings. The van der Waals surface area contributed by atoms with Crippen LogP contribution in [0.5, 0.6) is 5.75 Å². The molecule has 0 saturated heterocycles. The van der Waals surface area contributed by atoms with Crippen molar-refractivity contribution in [3.8, 4) is 5.75 Å². The fourth-order valence-electron chi connectivity index (χ4n) is 2.11. The maximum atomic E-state index is 9.50. The van der Waals surface area contributed by atoms with E-state index in [9.17, 15) is 5.11 Å². The number of phenolic OH excluding ortho intramolecular Hbond substituents is 1. The molecule has 3 nitrogen and oxygen atoms in total. The average Bonchev–Trinajstić information content (AvgIpc) is 2.85. The molecule has 2 aromatic rings. The number of hydrogen-bond acceptors (Lipinski definition) is 4. The van der Waals surface area contributed by atoms with Crippen LogP contribution in [0, 0.1) is 6.92 Å². The van der Waals surface area contributed by atoms with E-state index in [2.05, 4.69) is 23.3 Å². The molecule has 0 atom stereocenters. The van der Waals surface area contributed by atoms with Crippen LogP contribution < -0.4 is 0 Å². The van der Waals surface area contributed by atoms with Crippen molar-refractivity contribution in [3.05, 3.63) is 50.7 Å². The summed E-state index contributed by atoms with van der Waals surface area (Å²) in [5, 5.41) is 12.0. The highest BCUT2D eigenvalue weighted by molar-refractivity contribution is 7.10. The summed E-state index contributed by atoms with van der Waals surface area (Å²) in [5.74, 6) is 0.123. The predicted molar refractivity (Wildman–Crippen MR) is 88.2 cm³/mol. The molecule has 0 bridgehead atoms. The van der Waals surface area contributed by atoms with Crippen LogP contribution in [0.1, 0.15) is 16.0 Å². The van der Waals surface area contributed by atoms with Gasteiger partial charge in [-0.3, -0.25) is 4.90 Å². The summed E-state index contributed by atoms with van der Waals surface area (Å²) in [6.45, 7) is 5.35. The molecule has 0 radical (unpaired) electrons. The Morgan fingerprint density at radius 3 is 2.71 bits per heavy atom. The Morgan fingerprint density at radius 1 is 1.29 bits per heavy atom. The number of hydrogen-bond donors (Lipinski definition) is 1. The van der Waals surface area contributed by atoms with Gasteiger partial charge in [0.1, 0.15) is 5.75 Å². The maximum Gasteiger partial charge on any atom is 0.134 e. The van der Waals surface area contributed by atoms with E-state index in [0.29, 0.717) is 11.6 Å². The minimum absolute atomic E-state index is 0.123. The molecule has 2 rings (SSSR count). The van der Waals surface area contributed by atoms with Crippen LogP contribution in [0.2, 0.25) is 5.02 Å². The number of aromatic hydroxyl groups is 1. The van der Waals surface area contributed by atoms with E-state index in [1.807, 2.05) is 12.1 Å². The average molecular weight is 326 g/mol. The molecule has 1 N–H and O–H groups in total. The molecule has 0 saturated carbocycles. The molecule has 0 aliphatic heterocycles. The van der Waals surface area contributed by atoms with E-state index in [4.69, 9.17) is 16.3 Å². The number of rotatable bonds is 7. The third-order valence-electron chi connectivity index (χ3n) is 3.37. The van der Waals surface area contributed by atoms with Crippen LogP contribution in [0.25, 0.3) is 0 Å². The Bertz CT molecular complexity index is 585. The van der Waals surface area contributed by atoms with Gasteiger partial charge >= 0.3 is 0 Å². The lowest BCUT2D eigenvalue weighted by Crippen LogP contribution is -2.26. The highest BCUT2D eigenvalue weighted by atomic mass is 35.5. The monoisotopic (exact) mass is 325 g/mol. The topological polar surface area (TPSA) is 32.7 Å². The second kappa shape index (κ2) is 7.80. The van der Waals surface area contributed by atoms with E-state index in [0.717, 1.165) is 25.2 Å². The molecule has 1 heterocycles. The van der Waals surface area contributed by atoms with Crippen LogP contribution >= 0.6 is 22.9 Å². The summed E-state index contributed by atoms with van der Waals surface area (Å²) in [6, 6.07) is 7.51. The van der Waals surface area contributed by atoms with Crippen molar-refractivity contribution in [3.63, 3.8) is 0 Å². The van der Waals surface area contributed by atoms with Crippen LogP contribution in [0.4, 0.5) is 0 Å². The number of aryl methyl sites for hydroxylation is 1. The van der Waals surface area contributed by atoms with Crippen LogP contribution in [-0.2, 0) is 17.8 Å². The van der Waals surface area contributed by atoms with Gasteiger partial charge in [0.05, 0.1) is 11.6 Å². The Morgan fingerprint density at radius 2 is 2.10 bits per heavy atom. The molecule has 114 valence electrons. The highest BCUT2D eigenvalue weighted by Crippen LogP contribution is 2.25. The lowest BCUT2D eigenvalue weighted by Gasteiger charge is -2.22. The van der Waals surface area contributed by atoms with Gasteiger partial charge in [0.15, 0.2) is 0 Å². The maximum absolute atomic E-state index is 9.50. The van der Waals surface area contributed by atoms with E-state index in [-0.39, 0.29) is 5.75 Å². The number of benzene rings is 1. The molecule has 21 heavy (non-hydrogen) atoms. The van der Waals surface area contributed by atoms with Crippen molar-refractivity contribution < 1.29 is 9.84 Å². The van der Waals surface area contributed by atoms with Gasteiger partial charge in [-0.1, -0.05) is 17.7 Å². The van der Waals surface area contributed by atoms with E-state index < -0.39 is 0 Å². The number of phenols is 1. The zero-order valence-electron chi connectivity index (χ0n) is 12.3. The quantitative estimate of drug-likeness (QED) is 0.833. The number of ether oxygens (including phenoxy) is 1. The van der Waals surface area contributed by atoms with Crippen LogP contribution in [0.15, 0.2) is 29.6 Å². The zero-order chi connectivity index (χ0) is 15.2. The largest absolute Gasteiger partial charge is 0.506 e. The second-order valence-corrected chi connectivity index (χ2v) is 6.42. The Labute approximate surface area is 134 Å². The zero-order valence-corrected chi connectivity index (χ0v) is 13.9. The van der Waals surface area contributed by atoms with Crippen molar-refractivity contribution in [2.45, 2.75) is 20.0 Å². The van der Waals surface area contributed by atoms with Gasteiger partial charge in [-0.05, 0) is 41.6 Å². The molecule has 0 aliphatic carbocycles. The SMILES string of the molecule is COCCN(Cc1ccc(O)c(Cl)c1)Cc1sccc1C. The van der Waals surface area contributed by atoms with Gasteiger partial charge in [0, 0.05) is 31.6 Å². The van der Waals surface area contributed by atoms with Gasteiger partial charge in [0.25, 0.3) is 0 Å². The van der Waals surface area contributed by atoms with Crippen molar-refractivity contribution in [1.82, 2.24) is 4.90 Å². The third-order valence-corrected chi connectivity index (χ3v) is 4.68. The number of thiophene rings is 1. The Kier molecular flexibility index (Phi) is 6.06. The molecular formula is C16H20ClNO2S. The minimum atomic E-state index is 0.123. The molecule has 0 fully saturated rings. The van der Waals surface area contributed by atoms with Crippen LogP contribution in [-0.4, -0.2) is 30.3 Å². The lowest BCUT2D eigenvalue weighted by atomic mass is 10.2. The van der Waals surface area contributed by atoms with Gasteiger partial charge < -0.3 is 9.84 Å². The smallest absolute Gasteiger partial charge is 0.134 e. The van der Waals surface area contributed by atoms with E-state index >= 15 is 0 Å². The molecule has 0 amide bonds. The molecule has 0 unspecified atom stereocenters. The second-order valence-electron chi connectivity index (χ2n) is 5.02. The van der Waals surface area contributed by atoms with Gasteiger partial charge in [-0.15, -0.1) is 11.3 Å². The van der Waals surface area contributed by atoms with Gasteiger partial charge in [-0.25, -0.2) is 0 Å². The number of methoxy groups -OCH3 is 1. The summed E-state index contributed by atoms with van der Waals surface area (Å²) in [7, 11) is 1.71. The summed E-state index contributed by atoms with van der Waals surface area (Å²) in [5.41, 5.74) is 2.41. The first-order valence-electron chi connectivity index (χ1n) is 6.82. The molecule has 1 aromatic heterocycles. The van der Waals surface area contributed by atoms with Gasteiger partial charge in [0.2, 0.25) is 0 Å². The first kappa shape index (κ1) is 16.3. The summed E-state index contributed by atoms with van der Waals surface area (Å²) in [6.07, 6.45) is 0.